The second kappa shape index (κ2) is 11.3. The van der Waals surface area contributed by atoms with E-state index in [1.165, 1.54) is 0 Å². The molecule has 0 radical (unpaired) electrons. The van der Waals surface area contributed by atoms with Crippen LogP contribution in [-0.2, 0) is 0 Å². The molecule has 0 aliphatic carbocycles. The fourth-order valence-corrected chi connectivity index (χ4v) is 1.04. The van der Waals surface area contributed by atoms with E-state index in [-0.39, 0.29) is 0 Å². The van der Waals surface area contributed by atoms with Crippen LogP contribution in [0.15, 0.2) is 60.8 Å². The number of allylic oxidation sites excluding steroid dienone is 10. The number of hydrogen-bond acceptors (Lipinski definition) is 0. The molecule has 84 valence electrons. The zero-order valence-corrected chi connectivity index (χ0v) is 10.4. The van der Waals surface area contributed by atoms with E-state index in [2.05, 4.69) is 30.1 Å². The maximum absolute atomic E-state index is 2.93. The van der Waals surface area contributed by atoms with Crippen LogP contribution < -0.4 is 0 Å². The molecule has 0 nitrogen and oxygen atoms in total. The summed E-state index contributed by atoms with van der Waals surface area (Å²) in [5, 5.41) is 0. The second-order valence-electron chi connectivity index (χ2n) is 3.15. The summed E-state index contributed by atoms with van der Waals surface area (Å²) in [6.45, 7) is 5.85. The summed E-state index contributed by atoms with van der Waals surface area (Å²) >= 11 is 0. The third-order valence-corrected chi connectivity index (χ3v) is 1.82. The van der Waals surface area contributed by atoms with Crippen molar-refractivity contribution in [1.82, 2.24) is 0 Å². The Kier molecular flexibility index (Phi) is 10.1. The summed E-state index contributed by atoms with van der Waals surface area (Å²) in [7, 11) is 0. The highest BCUT2D eigenvalue weighted by molar-refractivity contribution is 5.22. The van der Waals surface area contributed by atoms with Crippen LogP contribution in [0.3, 0.4) is 0 Å². The van der Waals surface area contributed by atoms with Crippen molar-refractivity contribution in [2.75, 3.05) is 0 Å². The van der Waals surface area contributed by atoms with Gasteiger partial charge < -0.3 is 0 Å². The molecule has 0 aromatic heterocycles. The molecule has 0 unspecified atom stereocenters. The molecule has 0 aromatic rings. The molecule has 16 heavy (non-hydrogen) atoms. The quantitative estimate of drug-likeness (QED) is 0.466. The van der Waals surface area contributed by atoms with Crippen molar-refractivity contribution in [3.63, 3.8) is 0 Å². The van der Waals surface area contributed by atoms with Gasteiger partial charge in [-0.2, -0.15) is 0 Å². The van der Waals surface area contributed by atoms with Crippen LogP contribution >= 0.6 is 0 Å². The van der Waals surface area contributed by atoms with Gasteiger partial charge in [0.25, 0.3) is 0 Å². The van der Waals surface area contributed by atoms with Gasteiger partial charge in [-0.15, -0.1) is 5.92 Å². The fourth-order valence-electron chi connectivity index (χ4n) is 1.04. The molecule has 0 saturated carbocycles. The Bertz CT molecular complexity index is 329. The first kappa shape index (κ1) is 14.3. The van der Waals surface area contributed by atoms with Crippen LogP contribution in [0.25, 0.3) is 0 Å². The largest absolute Gasteiger partial charge is 0.102 e. The summed E-state index contributed by atoms with van der Waals surface area (Å²) in [6.07, 6.45) is 20.4. The predicted octanol–water partition coefficient (Wildman–Crippen LogP) is 4.45. The summed E-state index contributed by atoms with van der Waals surface area (Å²) < 4.78 is 0. The van der Waals surface area contributed by atoms with Crippen LogP contribution in [0.2, 0.25) is 0 Å². The van der Waals surface area contributed by atoms with Crippen LogP contribution in [0.5, 0.6) is 0 Å². The molecular weight excluding hydrogens is 192 g/mol. The van der Waals surface area contributed by atoms with Crippen molar-refractivity contribution >= 4 is 0 Å². The lowest BCUT2D eigenvalue weighted by molar-refractivity contribution is 1.07. The summed E-state index contributed by atoms with van der Waals surface area (Å²) in [5.41, 5.74) is 0. The molecule has 0 spiro atoms. The molecule has 0 aliphatic rings. The molecular formula is C16H20. The summed E-state index contributed by atoms with van der Waals surface area (Å²) in [5.74, 6) is 6.07. The molecule has 0 heteroatoms. The molecule has 0 bridgehead atoms. The average molecular weight is 212 g/mol. The zero-order chi connectivity index (χ0) is 12.1. The molecule has 0 amide bonds. The second-order valence-corrected chi connectivity index (χ2v) is 3.15. The van der Waals surface area contributed by atoms with Gasteiger partial charge in [-0.1, -0.05) is 60.6 Å². The Morgan fingerprint density at radius 3 is 1.81 bits per heavy atom. The van der Waals surface area contributed by atoms with Gasteiger partial charge in [0.2, 0.25) is 0 Å². The van der Waals surface area contributed by atoms with E-state index in [4.69, 9.17) is 0 Å². The summed E-state index contributed by atoms with van der Waals surface area (Å²) in [6, 6.07) is 0. The first-order valence-corrected chi connectivity index (χ1v) is 5.53. The van der Waals surface area contributed by atoms with Crippen molar-refractivity contribution in [2.45, 2.75) is 20.8 Å². The van der Waals surface area contributed by atoms with Gasteiger partial charge in [0.1, 0.15) is 0 Å². The molecule has 0 atom stereocenters. The van der Waals surface area contributed by atoms with E-state index < -0.39 is 0 Å². The average Bonchev–Trinajstić information content (AvgIpc) is 2.29. The predicted molar refractivity (Wildman–Crippen MR) is 74.0 cm³/mol. The van der Waals surface area contributed by atoms with Gasteiger partial charge >= 0.3 is 0 Å². The maximum atomic E-state index is 2.93. The van der Waals surface area contributed by atoms with Gasteiger partial charge in [0.15, 0.2) is 0 Å². The smallest absolute Gasteiger partial charge is 0.0142 e. The first-order chi connectivity index (χ1) is 7.85. The molecule has 0 heterocycles. The minimum absolute atomic E-state index is 0.299. The zero-order valence-electron chi connectivity index (χ0n) is 10.4. The van der Waals surface area contributed by atoms with E-state index in [9.17, 15) is 0 Å². The molecule has 0 fully saturated rings. The Morgan fingerprint density at radius 2 is 1.38 bits per heavy atom. The van der Waals surface area contributed by atoms with E-state index in [1.54, 1.807) is 0 Å². The molecule has 0 saturated heterocycles. The van der Waals surface area contributed by atoms with Crippen molar-refractivity contribution in [3.8, 4) is 11.8 Å². The Morgan fingerprint density at radius 1 is 0.812 bits per heavy atom. The van der Waals surface area contributed by atoms with Crippen molar-refractivity contribution in [3.05, 3.63) is 60.8 Å². The van der Waals surface area contributed by atoms with Crippen molar-refractivity contribution in [2.24, 2.45) is 5.92 Å². The van der Waals surface area contributed by atoms with Crippen molar-refractivity contribution in [1.29, 1.82) is 0 Å². The number of hydrogen-bond donors (Lipinski definition) is 0. The third kappa shape index (κ3) is 8.84. The lowest BCUT2D eigenvalue weighted by Gasteiger charge is -1.97. The van der Waals surface area contributed by atoms with E-state index in [0.717, 1.165) is 0 Å². The maximum Gasteiger partial charge on any atom is 0.0142 e. The Labute approximate surface area is 99.8 Å². The van der Waals surface area contributed by atoms with Crippen LogP contribution in [0, 0.1) is 17.8 Å². The van der Waals surface area contributed by atoms with Gasteiger partial charge in [-0.05, 0) is 26.8 Å². The van der Waals surface area contributed by atoms with E-state index >= 15 is 0 Å². The molecule has 0 rings (SSSR count). The Balaban J connectivity index is 4.53. The Hall–Kier alpha value is -1.74. The van der Waals surface area contributed by atoms with Crippen molar-refractivity contribution < 1.29 is 0 Å². The van der Waals surface area contributed by atoms with E-state index in [0.29, 0.717) is 5.92 Å². The fraction of sp³-hybridized carbons (Fsp3) is 0.250. The monoisotopic (exact) mass is 212 g/mol. The SMILES string of the molecule is CC#C/C=C/C(/C=C/C=C/C)/C=C/C=C/C. The van der Waals surface area contributed by atoms with E-state index in [1.807, 2.05) is 63.3 Å². The first-order valence-electron chi connectivity index (χ1n) is 5.53. The highest BCUT2D eigenvalue weighted by Gasteiger charge is 1.90. The molecule has 0 N–H and O–H groups in total. The van der Waals surface area contributed by atoms with Gasteiger partial charge in [0, 0.05) is 5.92 Å². The van der Waals surface area contributed by atoms with Gasteiger partial charge in [-0.25, -0.2) is 0 Å². The lowest BCUT2D eigenvalue weighted by Crippen LogP contribution is -1.84. The normalized spacial score (nSPS) is 12.8. The minimum atomic E-state index is 0.299. The molecule has 0 aliphatic heterocycles. The lowest BCUT2D eigenvalue weighted by atomic mass is 10.1. The minimum Gasteiger partial charge on any atom is -0.102 e. The summed E-state index contributed by atoms with van der Waals surface area (Å²) in [4.78, 5) is 0. The van der Waals surface area contributed by atoms with Gasteiger partial charge in [-0.3, -0.25) is 0 Å². The third-order valence-electron chi connectivity index (χ3n) is 1.82. The topological polar surface area (TPSA) is 0 Å². The highest BCUT2D eigenvalue weighted by Crippen LogP contribution is 2.04. The standard InChI is InChI=1S/C16H20/c1-4-7-10-13-16(14-11-8-5-2)15-12-9-6-3/h4-5,7-8,10-16H,1-3H3/b7-4+,8-5+,13-10+,14-11+,15-12+. The van der Waals surface area contributed by atoms with Crippen LogP contribution in [0.1, 0.15) is 20.8 Å². The highest BCUT2D eigenvalue weighted by atomic mass is 14.0. The molecule has 0 aromatic carbocycles. The van der Waals surface area contributed by atoms with Gasteiger partial charge in [0.05, 0.1) is 0 Å². The van der Waals surface area contributed by atoms with Crippen LogP contribution in [0.4, 0.5) is 0 Å². The number of rotatable bonds is 5. The van der Waals surface area contributed by atoms with Crippen LogP contribution in [-0.4, -0.2) is 0 Å².